The Labute approximate surface area is 343 Å². The fourth-order valence-electron chi connectivity index (χ4n) is 11.8. The lowest BCUT2D eigenvalue weighted by atomic mass is 9.47. The summed E-state index contributed by atoms with van der Waals surface area (Å²) in [5.74, 6) is 2.25. The lowest BCUT2D eigenvalue weighted by Gasteiger charge is -2.58. The van der Waals surface area contributed by atoms with Crippen molar-refractivity contribution >= 4 is 11.7 Å². The van der Waals surface area contributed by atoms with Gasteiger partial charge in [0.2, 0.25) is 0 Å². The molecule has 0 spiro atoms. The van der Waals surface area contributed by atoms with Crippen molar-refractivity contribution in [2.75, 3.05) is 26.2 Å². The highest BCUT2D eigenvalue weighted by Gasteiger charge is 2.57. The third-order valence-corrected chi connectivity index (χ3v) is 15.1. The Morgan fingerprint density at radius 3 is 2.45 bits per heavy atom. The fraction of sp³-hybridized carbons (Fsp3) is 0.490. The summed E-state index contributed by atoms with van der Waals surface area (Å²) in [7, 11) is 0. The third kappa shape index (κ3) is 6.73. The second-order valence-electron chi connectivity index (χ2n) is 18.7. The molecule has 5 aliphatic rings. The molecule has 1 aliphatic heterocycles. The van der Waals surface area contributed by atoms with Crippen molar-refractivity contribution in [2.24, 2.45) is 28.6 Å². The zero-order chi connectivity index (χ0) is 40.3. The van der Waals surface area contributed by atoms with Crippen molar-refractivity contribution in [3.05, 3.63) is 101 Å². The fourth-order valence-corrected chi connectivity index (χ4v) is 11.8. The van der Waals surface area contributed by atoms with Gasteiger partial charge in [-0.2, -0.15) is 5.10 Å². The number of fused-ring (bicyclic) bond motifs is 5. The number of H-pyrrole nitrogens is 1. The number of nitrogens with zero attached hydrogens (tertiary/aromatic N) is 4. The van der Waals surface area contributed by atoms with Gasteiger partial charge in [0.1, 0.15) is 23.3 Å². The van der Waals surface area contributed by atoms with Crippen molar-refractivity contribution < 1.29 is 19.7 Å². The normalized spacial score (nSPS) is 28.3. The maximum Gasteiger partial charge on any atom is 0.410 e. The van der Waals surface area contributed by atoms with Crippen LogP contribution in [0.4, 0.5) is 4.79 Å². The molecule has 304 valence electrons. The van der Waals surface area contributed by atoms with Crippen molar-refractivity contribution in [3.8, 4) is 33.9 Å². The maximum absolute atomic E-state index is 13.5. The lowest BCUT2D eigenvalue weighted by Crippen LogP contribution is -2.51. The summed E-state index contributed by atoms with van der Waals surface area (Å²) in [5.41, 5.74) is 10.8. The zero-order valence-corrected chi connectivity index (χ0v) is 34.8. The van der Waals surface area contributed by atoms with Gasteiger partial charge in [-0.25, -0.2) is 4.79 Å². The molecule has 1 saturated heterocycles. The van der Waals surface area contributed by atoms with Crippen LogP contribution in [0.25, 0.3) is 28.0 Å². The van der Waals surface area contributed by atoms with Crippen LogP contribution in [0.15, 0.2) is 78.6 Å². The number of aromatic amines is 1. The van der Waals surface area contributed by atoms with Crippen LogP contribution in [0.1, 0.15) is 101 Å². The molecule has 3 N–H and O–H groups in total. The molecule has 1 unspecified atom stereocenters. The summed E-state index contributed by atoms with van der Waals surface area (Å²) in [5, 5.41) is 28.8. The smallest absolute Gasteiger partial charge is 0.410 e. The van der Waals surface area contributed by atoms with E-state index in [0.29, 0.717) is 42.1 Å². The van der Waals surface area contributed by atoms with Crippen molar-refractivity contribution in [2.45, 2.75) is 98.1 Å². The van der Waals surface area contributed by atoms with E-state index in [1.165, 1.54) is 47.6 Å². The number of amides is 1. The van der Waals surface area contributed by atoms with E-state index < -0.39 is 0 Å². The summed E-state index contributed by atoms with van der Waals surface area (Å²) in [6.07, 6.45) is 16.5. The number of benzene rings is 2. The summed E-state index contributed by atoms with van der Waals surface area (Å²) in [4.78, 5) is 22.3. The number of aromatic hydroxyl groups is 2. The number of nitrogens with one attached hydrogen (secondary N) is 1. The minimum Gasteiger partial charge on any atom is -0.508 e. The third-order valence-electron chi connectivity index (χ3n) is 15.1. The van der Waals surface area contributed by atoms with Crippen LogP contribution < -0.4 is 0 Å². The van der Waals surface area contributed by atoms with Gasteiger partial charge < -0.3 is 19.8 Å². The number of aryl methyl sites for hydroxylation is 1. The quantitative estimate of drug-likeness (QED) is 0.160. The molecule has 9 heteroatoms. The molecule has 9 nitrogen and oxygen atoms in total. The largest absolute Gasteiger partial charge is 0.508 e. The molecule has 58 heavy (non-hydrogen) atoms. The first-order valence-electron chi connectivity index (χ1n) is 21.6. The Hall–Kier alpha value is -4.89. The van der Waals surface area contributed by atoms with Crippen LogP contribution >= 0.6 is 0 Å². The molecule has 1 amide bonds. The molecule has 0 radical (unpaired) electrons. The van der Waals surface area contributed by atoms with E-state index >= 15 is 0 Å². The highest BCUT2D eigenvalue weighted by molar-refractivity contribution is 5.85. The number of hydrogen-bond acceptors (Lipinski definition) is 7. The highest BCUT2D eigenvalue weighted by atomic mass is 16.6. The Balaban J connectivity index is 0.784. The van der Waals surface area contributed by atoms with Gasteiger partial charge in [0.25, 0.3) is 0 Å². The summed E-state index contributed by atoms with van der Waals surface area (Å²) >= 11 is 0. The lowest BCUT2D eigenvalue weighted by molar-refractivity contribution is -0.0307. The predicted octanol–water partition coefficient (Wildman–Crippen LogP) is 10.3. The topological polar surface area (TPSA) is 115 Å². The molecule has 3 heterocycles. The molecular weight excluding hydrogens is 723 g/mol. The number of phenolic OH excluding ortho intramolecular Hbond substituents is 2. The summed E-state index contributed by atoms with van der Waals surface area (Å²) in [6, 6.07) is 16.1. The van der Waals surface area contributed by atoms with Gasteiger partial charge in [-0.3, -0.25) is 15.0 Å². The van der Waals surface area contributed by atoms with Crippen LogP contribution in [0.3, 0.4) is 0 Å². The van der Waals surface area contributed by atoms with Crippen LogP contribution in [0.5, 0.6) is 11.5 Å². The number of rotatable bonds is 7. The van der Waals surface area contributed by atoms with Crippen molar-refractivity contribution in [3.63, 3.8) is 0 Å². The van der Waals surface area contributed by atoms with E-state index in [2.05, 4.69) is 82.5 Å². The number of carbonyl (C=O) groups is 1. The first kappa shape index (κ1) is 38.6. The van der Waals surface area contributed by atoms with E-state index in [9.17, 15) is 15.0 Å². The van der Waals surface area contributed by atoms with Crippen LogP contribution in [0, 0.1) is 35.5 Å². The number of allylic oxidation sites excluding steroid dienone is 3. The van der Waals surface area contributed by atoms with E-state index in [1.807, 2.05) is 44.1 Å². The first-order chi connectivity index (χ1) is 27.9. The molecule has 2 aromatic heterocycles. The van der Waals surface area contributed by atoms with Gasteiger partial charge in [-0.1, -0.05) is 75.8 Å². The van der Waals surface area contributed by atoms with Gasteiger partial charge in [-0.05, 0) is 120 Å². The number of ether oxygens (including phenoxy) is 1. The molecule has 2 saturated carbocycles. The molecular formula is C49H59N5O4. The molecule has 9 rings (SSSR count). The molecule has 4 aliphatic carbocycles. The van der Waals surface area contributed by atoms with E-state index in [-0.39, 0.29) is 40.4 Å². The second-order valence-corrected chi connectivity index (χ2v) is 18.7. The van der Waals surface area contributed by atoms with Crippen LogP contribution in [-0.2, 0) is 11.3 Å². The monoisotopic (exact) mass is 781 g/mol. The number of aromatic nitrogens is 3. The molecule has 4 aromatic rings. The van der Waals surface area contributed by atoms with Gasteiger partial charge in [0.05, 0.1) is 0 Å². The van der Waals surface area contributed by atoms with Crippen LogP contribution in [0.2, 0.25) is 0 Å². The standard InChI is InChI=1S/C49H59N5O4/c1-30(2)38-26-39(44(56)27-43(38)55)46-45(31(3)51-52-46)33-10-8-32(9-11-33)29-53-21-23-54(24-22-53)47(57)58-36-16-18-48(4)35(25-36)12-13-37-41-15-14-40(34-7-6-20-50-28-34)49(41,5)19-17-42(37)48/h6-12,14,20,26-28,30,36-37,41-42,55-56H,13,15-19,21-25,29H2,1-5H3,(H,51,52)/t36?,37-,41-,42-,48-,49+/m0/s1. The number of phenols is 2. The maximum atomic E-state index is 13.5. The minimum atomic E-state index is -0.160. The van der Waals surface area contributed by atoms with E-state index in [1.54, 1.807) is 0 Å². The summed E-state index contributed by atoms with van der Waals surface area (Å²) < 4.78 is 6.27. The van der Waals surface area contributed by atoms with Crippen molar-refractivity contribution in [1.82, 2.24) is 25.0 Å². The average Bonchev–Trinajstić information content (AvgIpc) is 3.78. The zero-order valence-electron chi connectivity index (χ0n) is 34.8. The Bertz CT molecular complexity index is 2240. The van der Waals surface area contributed by atoms with Gasteiger partial charge >= 0.3 is 6.09 Å². The molecule has 3 fully saturated rings. The van der Waals surface area contributed by atoms with Crippen molar-refractivity contribution in [1.29, 1.82) is 0 Å². The number of carbonyl (C=O) groups excluding carboxylic acids is 1. The Morgan fingerprint density at radius 1 is 0.931 bits per heavy atom. The molecule has 2 aromatic carbocycles. The average molecular weight is 782 g/mol. The molecule has 0 bridgehead atoms. The minimum absolute atomic E-state index is 0.000896. The van der Waals surface area contributed by atoms with Gasteiger partial charge in [-0.15, -0.1) is 0 Å². The Morgan fingerprint density at radius 2 is 1.71 bits per heavy atom. The number of piperazine rings is 1. The van der Waals surface area contributed by atoms with E-state index in [0.717, 1.165) is 67.7 Å². The van der Waals surface area contributed by atoms with Gasteiger partial charge in [0, 0.05) is 74.4 Å². The Kier molecular flexibility index (Phi) is 10.0. The first-order valence-corrected chi connectivity index (χ1v) is 21.6. The number of pyridine rings is 1. The highest BCUT2D eigenvalue weighted by Crippen LogP contribution is 2.66. The second kappa shape index (κ2) is 15.0. The van der Waals surface area contributed by atoms with E-state index in [4.69, 9.17) is 4.74 Å². The van der Waals surface area contributed by atoms with Gasteiger partial charge in [0.15, 0.2) is 0 Å². The number of hydrogen-bond donors (Lipinski definition) is 3. The van der Waals surface area contributed by atoms with Crippen LogP contribution in [-0.4, -0.2) is 73.6 Å². The molecule has 6 atom stereocenters. The summed E-state index contributed by atoms with van der Waals surface area (Å²) in [6.45, 7) is 14.8. The SMILES string of the molecule is Cc1[nH]nc(-c2cc(C(C)C)c(O)cc2O)c1-c1ccc(CN2CCN(C(=O)OC3CC[C@@]4(C)C(=CC[C@@H]5[C@@H]4CC[C@]4(C)C(c6cccnc6)=CC[C@@H]54)C3)CC2)cc1. The predicted molar refractivity (Wildman–Crippen MR) is 228 cm³/mol.